The summed E-state index contributed by atoms with van der Waals surface area (Å²) in [6, 6.07) is -0.793. The molecule has 9 heteroatoms. The van der Waals surface area contributed by atoms with Gasteiger partial charge in [-0.2, -0.15) is 0 Å². The number of phosphoric ester groups is 1. The molecule has 0 fully saturated rings. The summed E-state index contributed by atoms with van der Waals surface area (Å²) in [5, 5.41) is 13.6. The van der Waals surface area contributed by atoms with Gasteiger partial charge >= 0.3 is 0 Å². The molecule has 1 amide bonds. The van der Waals surface area contributed by atoms with Gasteiger partial charge in [0.25, 0.3) is 7.82 Å². The van der Waals surface area contributed by atoms with Crippen molar-refractivity contribution in [1.29, 1.82) is 0 Å². The highest BCUT2D eigenvalue weighted by Gasteiger charge is 2.24. The Morgan fingerprint density at radius 2 is 1.04 bits per heavy atom. The van der Waals surface area contributed by atoms with E-state index >= 15 is 0 Å². The van der Waals surface area contributed by atoms with Crippen LogP contribution in [0.3, 0.4) is 0 Å². The molecule has 0 aliphatic carbocycles. The minimum atomic E-state index is -4.54. The third-order valence-electron chi connectivity index (χ3n) is 10.7. The van der Waals surface area contributed by atoms with Crippen LogP contribution in [0.1, 0.15) is 219 Å². The number of hydrogen-bond donors (Lipinski definition) is 2. The normalized spacial score (nSPS) is 14.5. The predicted octanol–water partition coefficient (Wildman–Crippen LogP) is 12.7. The zero-order chi connectivity index (χ0) is 41.4. The van der Waals surface area contributed by atoms with Crippen LogP contribution >= 0.6 is 7.82 Å². The number of hydrogen-bond acceptors (Lipinski definition) is 6. The summed E-state index contributed by atoms with van der Waals surface area (Å²) in [4.78, 5) is 25.0. The van der Waals surface area contributed by atoms with Crippen molar-refractivity contribution in [2.45, 2.75) is 231 Å². The van der Waals surface area contributed by atoms with Crippen LogP contribution in [0.25, 0.3) is 0 Å². The standard InChI is InChI=1S/C47H93N2O6P/c1-6-8-10-11-12-13-14-15-16-17-18-19-20-21-22-23-24-25-26-27-28-29-30-31-32-33-34-35-36-37-39-41-47(51)48-45(46(50)40-38-9-7-2)44-55-56(52,53)54-43-42-49(3,4)5/h14-15,17-18,45-46,50H,6-13,16,19-44H2,1-5H3,(H-,48,51,52,53)/b15-14-,18-17-. The van der Waals surface area contributed by atoms with Gasteiger partial charge in [-0.3, -0.25) is 9.36 Å². The van der Waals surface area contributed by atoms with Gasteiger partial charge in [0.2, 0.25) is 5.91 Å². The minimum absolute atomic E-state index is 0.0120. The van der Waals surface area contributed by atoms with Crippen molar-refractivity contribution in [3.05, 3.63) is 24.3 Å². The SMILES string of the molecule is CCCCCCC/C=C\C/C=C\CCCCCCCCCCCCCCCCCCCCCC(=O)NC(COP(=O)([O-])OCC[N+](C)(C)C)C(O)CCCCC. The van der Waals surface area contributed by atoms with Gasteiger partial charge < -0.3 is 28.8 Å². The Bertz CT molecular complexity index is 969. The maximum atomic E-state index is 12.7. The number of carbonyl (C=O) groups excluding carboxylic acids is 1. The highest BCUT2D eigenvalue weighted by Crippen LogP contribution is 2.38. The van der Waals surface area contributed by atoms with Crippen LogP contribution in [0, 0.1) is 0 Å². The van der Waals surface area contributed by atoms with Gasteiger partial charge in [0.1, 0.15) is 13.2 Å². The van der Waals surface area contributed by atoms with Gasteiger partial charge in [0, 0.05) is 6.42 Å². The molecule has 3 atom stereocenters. The van der Waals surface area contributed by atoms with E-state index < -0.39 is 20.0 Å². The monoisotopic (exact) mass is 813 g/mol. The third kappa shape index (κ3) is 41.2. The number of unbranched alkanes of at least 4 members (excludes halogenated alkanes) is 26. The lowest BCUT2D eigenvalue weighted by Gasteiger charge is -2.30. The molecule has 0 aromatic heterocycles. The van der Waals surface area contributed by atoms with E-state index in [1.807, 2.05) is 21.1 Å². The highest BCUT2D eigenvalue weighted by molar-refractivity contribution is 7.45. The van der Waals surface area contributed by atoms with E-state index in [1.165, 1.54) is 148 Å². The predicted molar refractivity (Wildman–Crippen MR) is 238 cm³/mol. The molecule has 0 saturated carbocycles. The smallest absolute Gasteiger partial charge is 0.268 e. The summed E-state index contributed by atoms with van der Waals surface area (Å²) < 4.78 is 22.9. The Morgan fingerprint density at radius 1 is 0.625 bits per heavy atom. The van der Waals surface area contributed by atoms with Gasteiger partial charge in [-0.05, 0) is 44.9 Å². The number of carbonyl (C=O) groups is 1. The van der Waals surface area contributed by atoms with E-state index in [4.69, 9.17) is 9.05 Å². The number of aliphatic hydroxyl groups excluding tert-OH is 1. The summed E-state index contributed by atoms with van der Waals surface area (Å²) in [5.41, 5.74) is 0. The average Bonchev–Trinajstić information content (AvgIpc) is 3.15. The minimum Gasteiger partial charge on any atom is -0.756 e. The number of aliphatic hydroxyl groups is 1. The number of rotatable bonds is 43. The first-order valence-electron chi connectivity index (χ1n) is 23.7. The Hall–Kier alpha value is -1.02. The second-order valence-corrected chi connectivity index (χ2v) is 18.9. The Kier molecular flexibility index (Phi) is 38.7. The van der Waals surface area contributed by atoms with Crippen molar-refractivity contribution in [3.8, 4) is 0 Å². The van der Waals surface area contributed by atoms with E-state index in [2.05, 4.69) is 43.5 Å². The van der Waals surface area contributed by atoms with Gasteiger partial charge in [-0.15, -0.1) is 0 Å². The Balaban J connectivity index is 3.73. The van der Waals surface area contributed by atoms with Crippen LogP contribution in [0.2, 0.25) is 0 Å². The van der Waals surface area contributed by atoms with Crippen LogP contribution in [0.5, 0.6) is 0 Å². The fourth-order valence-electron chi connectivity index (χ4n) is 6.89. The molecule has 0 aromatic rings. The molecule has 0 saturated heterocycles. The molecule has 0 spiro atoms. The quantitative estimate of drug-likeness (QED) is 0.0275. The first-order chi connectivity index (χ1) is 27.0. The van der Waals surface area contributed by atoms with E-state index in [1.54, 1.807) is 0 Å². The van der Waals surface area contributed by atoms with Crippen molar-refractivity contribution in [1.82, 2.24) is 5.32 Å². The Labute approximate surface area is 347 Å². The van der Waals surface area contributed by atoms with Gasteiger partial charge in [0.15, 0.2) is 0 Å². The number of likely N-dealkylation sites (N-methyl/N-ethyl adjacent to an activating group) is 1. The van der Waals surface area contributed by atoms with Gasteiger partial charge in [0.05, 0.1) is 39.9 Å². The zero-order valence-corrected chi connectivity index (χ0v) is 38.5. The second kappa shape index (κ2) is 39.4. The van der Waals surface area contributed by atoms with Gasteiger partial charge in [-0.25, -0.2) is 0 Å². The molecule has 0 aliphatic rings. The first kappa shape index (κ1) is 55.0. The van der Waals surface area contributed by atoms with Crippen LogP contribution in [0.4, 0.5) is 0 Å². The van der Waals surface area contributed by atoms with Crippen molar-refractivity contribution in [3.63, 3.8) is 0 Å². The lowest BCUT2D eigenvalue weighted by atomic mass is 10.0. The zero-order valence-electron chi connectivity index (χ0n) is 37.6. The summed E-state index contributed by atoms with van der Waals surface area (Å²) in [6.45, 7) is 4.54. The molecule has 332 valence electrons. The van der Waals surface area contributed by atoms with E-state index in [0.29, 0.717) is 23.9 Å². The summed E-state index contributed by atoms with van der Waals surface area (Å²) >= 11 is 0. The number of amides is 1. The molecule has 3 unspecified atom stereocenters. The number of allylic oxidation sites excluding steroid dienone is 4. The molecule has 56 heavy (non-hydrogen) atoms. The molecular formula is C47H93N2O6P. The van der Waals surface area contributed by atoms with Crippen molar-refractivity contribution < 1.29 is 32.9 Å². The molecular weight excluding hydrogens is 719 g/mol. The topological polar surface area (TPSA) is 108 Å². The number of quaternary nitrogens is 1. The largest absolute Gasteiger partial charge is 0.756 e. The number of nitrogens with one attached hydrogen (secondary N) is 1. The van der Waals surface area contributed by atoms with Crippen molar-refractivity contribution >= 4 is 13.7 Å². The highest BCUT2D eigenvalue weighted by atomic mass is 31.2. The van der Waals surface area contributed by atoms with Gasteiger partial charge in [-0.1, -0.05) is 192 Å². The van der Waals surface area contributed by atoms with Crippen LogP contribution in [-0.4, -0.2) is 68.5 Å². The molecule has 0 radical (unpaired) electrons. The molecule has 0 heterocycles. The Morgan fingerprint density at radius 3 is 1.48 bits per heavy atom. The summed E-state index contributed by atoms with van der Waals surface area (Å²) in [6.07, 6.45) is 47.3. The molecule has 2 N–H and O–H groups in total. The number of nitrogens with zero attached hydrogens (tertiary/aromatic N) is 1. The average molecular weight is 813 g/mol. The number of phosphoric acid groups is 1. The van der Waals surface area contributed by atoms with Crippen LogP contribution < -0.4 is 10.2 Å². The summed E-state index contributed by atoms with van der Waals surface area (Å²) in [5.74, 6) is -0.174. The van der Waals surface area contributed by atoms with E-state index in [-0.39, 0.29) is 19.1 Å². The first-order valence-corrected chi connectivity index (χ1v) is 25.1. The maximum absolute atomic E-state index is 12.7. The maximum Gasteiger partial charge on any atom is 0.268 e. The van der Waals surface area contributed by atoms with Crippen LogP contribution in [-0.2, 0) is 18.4 Å². The molecule has 0 aliphatic heterocycles. The molecule has 0 aromatic carbocycles. The second-order valence-electron chi connectivity index (χ2n) is 17.5. The van der Waals surface area contributed by atoms with Crippen molar-refractivity contribution in [2.24, 2.45) is 0 Å². The summed E-state index contributed by atoms with van der Waals surface area (Å²) in [7, 11) is 1.30. The fourth-order valence-corrected chi connectivity index (χ4v) is 7.62. The lowest BCUT2D eigenvalue weighted by Crippen LogP contribution is -2.46. The molecule has 8 nitrogen and oxygen atoms in total. The molecule has 0 rings (SSSR count). The van der Waals surface area contributed by atoms with E-state index in [9.17, 15) is 19.4 Å². The van der Waals surface area contributed by atoms with Crippen molar-refractivity contribution in [2.75, 3.05) is 40.9 Å². The lowest BCUT2D eigenvalue weighted by molar-refractivity contribution is -0.870. The van der Waals surface area contributed by atoms with E-state index in [0.717, 1.165) is 44.9 Å². The third-order valence-corrected chi connectivity index (χ3v) is 11.7. The molecule has 0 bridgehead atoms. The fraction of sp³-hybridized carbons (Fsp3) is 0.894. The van der Waals surface area contributed by atoms with Crippen LogP contribution in [0.15, 0.2) is 24.3 Å².